The van der Waals surface area contributed by atoms with Crippen molar-refractivity contribution in [1.29, 1.82) is 0 Å². The number of rotatable bonds is 3. The standard InChI is InChI=1S/C9H15NO4/c1-6(2)7-5-14-9(12)10(7)4-8(11)13-3/h6-7H,4-5H2,1-3H3/t7-/m0/s1. The van der Waals surface area contributed by atoms with Crippen molar-refractivity contribution in [2.24, 2.45) is 5.92 Å². The Bertz CT molecular complexity index is 239. The lowest BCUT2D eigenvalue weighted by Gasteiger charge is -2.22. The maximum absolute atomic E-state index is 11.2. The van der Waals surface area contributed by atoms with Crippen LogP contribution < -0.4 is 0 Å². The van der Waals surface area contributed by atoms with Gasteiger partial charge in [-0.3, -0.25) is 9.69 Å². The van der Waals surface area contributed by atoms with Gasteiger partial charge in [-0.2, -0.15) is 0 Å². The van der Waals surface area contributed by atoms with Crippen molar-refractivity contribution in [3.8, 4) is 0 Å². The number of cyclic esters (lactones) is 1. The molecule has 14 heavy (non-hydrogen) atoms. The van der Waals surface area contributed by atoms with E-state index >= 15 is 0 Å². The van der Waals surface area contributed by atoms with Crippen molar-refractivity contribution >= 4 is 12.1 Å². The number of nitrogens with zero attached hydrogens (tertiary/aromatic N) is 1. The number of esters is 1. The zero-order chi connectivity index (χ0) is 10.7. The third kappa shape index (κ3) is 2.16. The predicted octanol–water partition coefficient (Wildman–Crippen LogP) is 0.636. The van der Waals surface area contributed by atoms with E-state index in [4.69, 9.17) is 4.74 Å². The Kier molecular flexibility index (Phi) is 3.33. The Morgan fingerprint density at radius 3 is 2.86 bits per heavy atom. The number of methoxy groups -OCH3 is 1. The molecule has 0 saturated carbocycles. The second-order valence-corrected chi connectivity index (χ2v) is 3.59. The van der Waals surface area contributed by atoms with Gasteiger partial charge in [-0.1, -0.05) is 13.8 Å². The summed E-state index contributed by atoms with van der Waals surface area (Å²) in [4.78, 5) is 23.7. The summed E-state index contributed by atoms with van der Waals surface area (Å²) in [6.45, 7) is 4.29. The summed E-state index contributed by atoms with van der Waals surface area (Å²) in [5.74, 6) is -0.152. The molecule has 1 saturated heterocycles. The van der Waals surface area contributed by atoms with Crippen LogP contribution >= 0.6 is 0 Å². The van der Waals surface area contributed by atoms with Gasteiger partial charge in [0.2, 0.25) is 0 Å². The minimum Gasteiger partial charge on any atom is -0.468 e. The topological polar surface area (TPSA) is 55.8 Å². The van der Waals surface area contributed by atoms with Crippen LogP contribution in [0.5, 0.6) is 0 Å². The van der Waals surface area contributed by atoms with Crippen LogP contribution in [0.3, 0.4) is 0 Å². The van der Waals surface area contributed by atoms with Crippen molar-refractivity contribution in [1.82, 2.24) is 4.90 Å². The number of hydrogen-bond donors (Lipinski definition) is 0. The van der Waals surface area contributed by atoms with Crippen molar-refractivity contribution < 1.29 is 19.1 Å². The Morgan fingerprint density at radius 2 is 2.36 bits per heavy atom. The highest BCUT2D eigenvalue weighted by Crippen LogP contribution is 2.18. The fourth-order valence-corrected chi connectivity index (χ4v) is 1.40. The average molecular weight is 201 g/mol. The van der Waals surface area contributed by atoms with Crippen LogP contribution in [0.2, 0.25) is 0 Å². The van der Waals surface area contributed by atoms with Crippen LogP contribution in [0.1, 0.15) is 13.8 Å². The lowest BCUT2D eigenvalue weighted by molar-refractivity contribution is -0.141. The normalized spacial score (nSPS) is 21.3. The van der Waals surface area contributed by atoms with Crippen LogP contribution in [-0.2, 0) is 14.3 Å². The fraction of sp³-hybridized carbons (Fsp3) is 0.778. The molecule has 0 bridgehead atoms. The molecule has 1 amide bonds. The van der Waals surface area contributed by atoms with E-state index in [1.54, 1.807) is 0 Å². The van der Waals surface area contributed by atoms with Gasteiger partial charge in [0.15, 0.2) is 0 Å². The van der Waals surface area contributed by atoms with Crippen molar-refractivity contribution in [3.63, 3.8) is 0 Å². The molecule has 1 rings (SSSR count). The van der Waals surface area contributed by atoms with Gasteiger partial charge in [0.1, 0.15) is 13.2 Å². The molecule has 5 nitrogen and oxygen atoms in total. The van der Waals surface area contributed by atoms with Crippen LogP contribution in [-0.4, -0.2) is 43.3 Å². The lowest BCUT2D eigenvalue weighted by atomic mass is 10.1. The largest absolute Gasteiger partial charge is 0.468 e. The number of carbonyl (C=O) groups excluding carboxylic acids is 2. The van der Waals surface area contributed by atoms with Gasteiger partial charge < -0.3 is 9.47 Å². The van der Waals surface area contributed by atoms with E-state index in [-0.39, 0.29) is 18.5 Å². The van der Waals surface area contributed by atoms with E-state index in [9.17, 15) is 9.59 Å². The smallest absolute Gasteiger partial charge is 0.410 e. The number of carbonyl (C=O) groups is 2. The number of ether oxygens (including phenoxy) is 2. The zero-order valence-electron chi connectivity index (χ0n) is 8.65. The van der Waals surface area contributed by atoms with Crippen molar-refractivity contribution in [2.45, 2.75) is 19.9 Å². The molecule has 1 heterocycles. The molecule has 0 unspecified atom stereocenters. The molecule has 0 aromatic carbocycles. The second kappa shape index (κ2) is 4.30. The predicted molar refractivity (Wildman–Crippen MR) is 48.7 cm³/mol. The lowest BCUT2D eigenvalue weighted by Crippen LogP contribution is -2.40. The summed E-state index contributed by atoms with van der Waals surface area (Å²) in [5, 5.41) is 0. The number of amides is 1. The molecule has 1 aliphatic rings. The first-order chi connectivity index (χ1) is 6.56. The molecule has 0 radical (unpaired) electrons. The van der Waals surface area contributed by atoms with Gasteiger partial charge in [0, 0.05) is 0 Å². The molecule has 1 aliphatic heterocycles. The van der Waals surface area contributed by atoms with Crippen LogP contribution in [0, 0.1) is 5.92 Å². The first-order valence-electron chi connectivity index (χ1n) is 4.56. The minimum atomic E-state index is -0.436. The summed E-state index contributed by atoms with van der Waals surface area (Å²) in [7, 11) is 1.30. The Balaban J connectivity index is 2.62. The summed E-state index contributed by atoms with van der Waals surface area (Å²) >= 11 is 0. The van der Waals surface area contributed by atoms with E-state index in [1.807, 2.05) is 13.8 Å². The molecule has 5 heteroatoms. The maximum atomic E-state index is 11.2. The third-order valence-electron chi connectivity index (χ3n) is 2.31. The van der Waals surface area contributed by atoms with Gasteiger partial charge >= 0.3 is 12.1 Å². The van der Waals surface area contributed by atoms with E-state index in [2.05, 4.69) is 4.74 Å². The van der Waals surface area contributed by atoms with Crippen LogP contribution in [0.4, 0.5) is 4.79 Å². The molecule has 80 valence electrons. The summed E-state index contributed by atoms with van der Waals surface area (Å²) in [5.41, 5.74) is 0. The first kappa shape index (κ1) is 10.8. The van der Waals surface area contributed by atoms with Gasteiger partial charge in [-0.05, 0) is 5.92 Å². The molecule has 0 aromatic rings. The SMILES string of the molecule is COC(=O)CN1C(=O)OC[C@H]1C(C)C. The highest BCUT2D eigenvalue weighted by molar-refractivity contribution is 5.79. The monoisotopic (exact) mass is 201 g/mol. The molecule has 0 aromatic heterocycles. The quantitative estimate of drug-likeness (QED) is 0.629. The summed E-state index contributed by atoms with van der Waals surface area (Å²) in [6.07, 6.45) is -0.436. The van der Waals surface area contributed by atoms with Gasteiger partial charge in [-0.25, -0.2) is 4.79 Å². The highest BCUT2D eigenvalue weighted by Gasteiger charge is 2.36. The first-order valence-corrected chi connectivity index (χ1v) is 4.56. The molecule has 0 spiro atoms. The van der Waals surface area contributed by atoms with Crippen LogP contribution in [0.15, 0.2) is 0 Å². The molecule has 0 aliphatic carbocycles. The van der Waals surface area contributed by atoms with E-state index < -0.39 is 12.1 Å². The Labute approximate surface area is 83.0 Å². The van der Waals surface area contributed by atoms with Crippen molar-refractivity contribution in [3.05, 3.63) is 0 Å². The second-order valence-electron chi connectivity index (χ2n) is 3.59. The third-order valence-corrected chi connectivity index (χ3v) is 2.31. The molecular weight excluding hydrogens is 186 g/mol. The molecule has 0 N–H and O–H groups in total. The maximum Gasteiger partial charge on any atom is 0.410 e. The van der Waals surface area contributed by atoms with E-state index in [0.29, 0.717) is 6.61 Å². The summed E-state index contributed by atoms with van der Waals surface area (Å²) < 4.78 is 9.36. The Hall–Kier alpha value is -1.26. The van der Waals surface area contributed by atoms with E-state index in [1.165, 1.54) is 12.0 Å². The van der Waals surface area contributed by atoms with Gasteiger partial charge in [0.25, 0.3) is 0 Å². The van der Waals surface area contributed by atoms with Gasteiger partial charge in [0.05, 0.1) is 13.2 Å². The summed E-state index contributed by atoms with van der Waals surface area (Å²) in [6, 6.07) is -0.0263. The molecule has 1 fully saturated rings. The van der Waals surface area contributed by atoms with Crippen molar-refractivity contribution in [2.75, 3.05) is 20.3 Å². The highest BCUT2D eigenvalue weighted by atomic mass is 16.6. The number of hydrogen-bond acceptors (Lipinski definition) is 4. The fourth-order valence-electron chi connectivity index (χ4n) is 1.40. The van der Waals surface area contributed by atoms with E-state index in [0.717, 1.165) is 0 Å². The zero-order valence-corrected chi connectivity index (χ0v) is 8.65. The minimum absolute atomic E-state index is 0.0263. The van der Waals surface area contributed by atoms with Gasteiger partial charge in [-0.15, -0.1) is 0 Å². The Morgan fingerprint density at radius 1 is 1.71 bits per heavy atom. The molecular formula is C9H15NO4. The average Bonchev–Trinajstić information content (AvgIpc) is 2.48. The molecule has 1 atom stereocenters. The van der Waals surface area contributed by atoms with Crippen LogP contribution in [0.25, 0.3) is 0 Å².